The summed E-state index contributed by atoms with van der Waals surface area (Å²) < 4.78 is 0. The van der Waals surface area contributed by atoms with Gasteiger partial charge in [-0.05, 0) is 34.9 Å². The maximum atomic E-state index is 6.34. The molecule has 0 radical (unpaired) electrons. The van der Waals surface area contributed by atoms with Crippen LogP contribution in [0.4, 0.5) is 11.4 Å². The van der Waals surface area contributed by atoms with E-state index >= 15 is 0 Å². The molecule has 0 unspecified atom stereocenters. The molecule has 0 aliphatic heterocycles. The predicted molar refractivity (Wildman–Crippen MR) is 77.5 cm³/mol. The molecule has 1 aromatic carbocycles. The molecule has 17 heavy (non-hydrogen) atoms. The van der Waals surface area contributed by atoms with Crippen LogP contribution in [0.2, 0.25) is 0 Å². The van der Waals surface area contributed by atoms with Crippen LogP contribution >= 0.6 is 0 Å². The summed E-state index contributed by atoms with van der Waals surface area (Å²) >= 11 is 0. The molecule has 2 heteroatoms. The maximum absolute atomic E-state index is 6.34. The van der Waals surface area contributed by atoms with Crippen molar-refractivity contribution in [1.29, 1.82) is 0 Å². The quantitative estimate of drug-likeness (QED) is 0.769. The molecule has 0 heterocycles. The van der Waals surface area contributed by atoms with Crippen LogP contribution in [-0.4, -0.2) is 0 Å². The van der Waals surface area contributed by atoms with E-state index in [-0.39, 0.29) is 0 Å². The standard InChI is InChI=1S/C15H26N2/c1-8(2)11-7-12(16)14(10(5)6)15(17)13(11)9(3)4/h7-10H,16-17H2,1-6H3. The summed E-state index contributed by atoms with van der Waals surface area (Å²) in [4.78, 5) is 0. The molecule has 0 aliphatic rings. The van der Waals surface area contributed by atoms with Gasteiger partial charge in [-0.1, -0.05) is 41.5 Å². The number of rotatable bonds is 3. The average Bonchev–Trinajstić information content (AvgIpc) is 2.14. The molecule has 0 fully saturated rings. The zero-order valence-electron chi connectivity index (χ0n) is 12.0. The molecule has 0 saturated heterocycles. The van der Waals surface area contributed by atoms with Crippen molar-refractivity contribution in [3.05, 3.63) is 22.8 Å². The lowest BCUT2D eigenvalue weighted by Crippen LogP contribution is -2.11. The highest BCUT2D eigenvalue weighted by Gasteiger charge is 2.20. The van der Waals surface area contributed by atoms with Crippen LogP contribution in [0.5, 0.6) is 0 Å². The highest BCUT2D eigenvalue weighted by Crippen LogP contribution is 2.39. The Morgan fingerprint density at radius 1 is 0.765 bits per heavy atom. The fourth-order valence-electron chi connectivity index (χ4n) is 2.55. The van der Waals surface area contributed by atoms with Crippen LogP contribution in [0.25, 0.3) is 0 Å². The first kappa shape index (κ1) is 13.9. The van der Waals surface area contributed by atoms with Gasteiger partial charge in [0.1, 0.15) is 0 Å². The Bertz CT molecular complexity index is 404. The van der Waals surface area contributed by atoms with Gasteiger partial charge in [-0.3, -0.25) is 0 Å². The summed E-state index contributed by atoms with van der Waals surface area (Å²) in [5, 5.41) is 0. The molecule has 0 spiro atoms. The maximum Gasteiger partial charge on any atom is 0.0408 e. The Balaban J connectivity index is 3.58. The fourth-order valence-corrected chi connectivity index (χ4v) is 2.55. The second-order valence-electron chi connectivity index (χ2n) is 5.76. The first-order valence-corrected chi connectivity index (χ1v) is 6.48. The van der Waals surface area contributed by atoms with Crippen molar-refractivity contribution in [2.75, 3.05) is 11.5 Å². The minimum atomic E-state index is 0.369. The molecular weight excluding hydrogens is 208 g/mol. The highest BCUT2D eigenvalue weighted by atomic mass is 14.6. The Labute approximate surface area is 105 Å². The second-order valence-corrected chi connectivity index (χ2v) is 5.76. The second kappa shape index (κ2) is 4.99. The topological polar surface area (TPSA) is 52.0 Å². The third kappa shape index (κ3) is 2.56. The first-order chi connectivity index (χ1) is 7.77. The van der Waals surface area contributed by atoms with Gasteiger partial charge in [-0.25, -0.2) is 0 Å². The Morgan fingerprint density at radius 2 is 1.24 bits per heavy atom. The van der Waals surface area contributed by atoms with E-state index in [4.69, 9.17) is 11.5 Å². The minimum Gasteiger partial charge on any atom is -0.398 e. The fraction of sp³-hybridized carbons (Fsp3) is 0.600. The number of anilines is 2. The van der Waals surface area contributed by atoms with Crippen LogP contribution in [-0.2, 0) is 0 Å². The van der Waals surface area contributed by atoms with Crippen molar-refractivity contribution in [3.63, 3.8) is 0 Å². The Hall–Kier alpha value is -1.18. The third-order valence-corrected chi connectivity index (χ3v) is 3.29. The van der Waals surface area contributed by atoms with Crippen molar-refractivity contribution in [1.82, 2.24) is 0 Å². The van der Waals surface area contributed by atoms with Gasteiger partial charge in [0.25, 0.3) is 0 Å². The van der Waals surface area contributed by atoms with Crippen molar-refractivity contribution in [3.8, 4) is 0 Å². The average molecular weight is 234 g/mol. The van der Waals surface area contributed by atoms with Gasteiger partial charge in [0.2, 0.25) is 0 Å². The van der Waals surface area contributed by atoms with Crippen molar-refractivity contribution < 1.29 is 0 Å². The summed E-state index contributed by atoms with van der Waals surface area (Å²) in [6.07, 6.45) is 0. The van der Waals surface area contributed by atoms with E-state index in [1.807, 2.05) is 0 Å². The van der Waals surface area contributed by atoms with Crippen LogP contribution in [0.3, 0.4) is 0 Å². The lowest BCUT2D eigenvalue weighted by molar-refractivity contribution is 0.783. The van der Waals surface area contributed by atoms with Gasteiger partial charge in [-0.2, -0.15) is 0 Å². The lowest BCUT2D eigenvalue weighted by Gasteiger charge is -2.24. The zero-order chi connectivity index (χ0) is 13.3. The van der Waals surface area contributed by atoms with Crippen LogP contribution in [0, 0.1) is 0 Å². The monoisotopic (exact) mass is 234 g/mol. The third-order valence-electron chi connectivity index (χ3n) is 3.29. The SMILES string of the molecule is CC(C)c1cc(N)c(C(C)C)c(N)c1C(C)C. The van der Waals surface area contributed by atoms with E-state index in [2.05, 4.69) is 47.6 Å². The first-order valence-electron chi connectivity index (χ1n) is 6.48. The summed E-state index contributed by atoms with van der Waals surface area (Å²) in [5.41, 5.74) is 17.9. The normalized spacial score (nSPS) is 11.8. The molecule has 0 aromatic heterocycles. The van der Waals surface area contributed by atoms with E-state index < -0.39 is 0 Å². The van der Waals surface area contributed by atoms with E-state index in [1.54, 1.807) is 0 Å². The molecule has 0 atom stereocenters. The van der Waals surface area contributed by atoms with Gasteiger partial charge in [0.05, 0.1) is 0 Å². The minimum absolute atomic E-state index is 0.369. The smallest absolute Gasteiger partial charge is 0.0408 e. The van der Waals surface area contributed by atoms with Gasteiger partial charge >= 0.3 is 0 Å². The van der Waals surface area contributed by atoms with Gasteiger partial charge in [0, 0.05) is 16.9 Å². The molecule has 4 N–H and O–H groups in total. The van der Waals surface area contributed by atoms with Crippen molar-refractivity contribution in [2.45, 2.75) is 59.3 Å². The van der Waals surface area contributed by atoms with Crippen molar-refractivity contribution in [2.24, 2.45) is 0 Å². The molecule has 1 rings (SSSR count). The van der Waals surface area contributed by atoms with E-state index in [0.717, 1.165) is 16.9 Å². The molecular formula is C15H26N2. The summed E-state index contributed by atoms with van der Waals surface area (Å²) in [7, 11) is 0. The number of benzene rings is 1. The van der Waals surface area contributed by atoms with Crippen molar-refractivity contribution >= 4 is 11.4 Å². The molecule has 0 aliphatic carbocycles. The molecule has 1 aromatic rings. The Kier molecular flexibility index (Phi) is 4.07. The summed E-state index contributed by atoms with van der Waals surface area (Å²) in [6, 6.07) is 2.12. The van der Waals surface area contributed by atoms with E-state index in [1.165, 1.54) is 11.1 Å². The molecule has 0 amide bonds. The number of hydrogen-bond acceptors (Lipinski definition) is 2. The molecule has 96 valence electrons. The summed E-state index contributed by atoms with van der Waals surface area (Å²) in [6.45, 7) is 13.0. The van der Waals surface area contributed by atoms with E-state index in [9.17, 15) is 0 Å². The van der Waals surface area contributed by atoms with E-state index in [0.29, 0.717) is 17.8 Å². The molecule has 2 nitrogen and oxygen atoms in total. The van der Waals surface area contributed by atoms with Crippen LogP contribution in [0.1, 0.15) is 76.0 Å². The molecule has 0 bridgehead atoms. The van der Waals surface area contributed by atoms with Gasteiger partial charge in [-0.15, -0.1) is 0 Å². The molecule has 0 saturated carbocycles. The lowest BCUT2D eigenvalue weighted by atomic mass is 9.84. The van der Waals surface area contributed by atoms with Gasteiger partial charge in [0.15, 0.2) is 0 Å². The van der Waals surface area contributed by atoms with Crippen LogP contribution in [0.15, 0.2) is 6.07 Å². The highest BCUT2D eigenvalue weighted by molar-refractivity contribution is 5.70. The van der Waals surface area contributed by atoms with Crippen LogP contribution < -0.4 is 11.5 Å². The number of hydrogen-bond donors (Lipinski definition) is 2. The number of nitrogen functional groups attached to an aromatic ring is 2. The Morgan fingerprint density at radius 3 is 1.59 bits per heavy atom. The summed E-state index contributed by atoms with van der Waals surface area (Å²) in [5.74, 6) is 1.26. The van der Waals surface area contributed by atoms with Gasteiger partial charge < -0.3 is 11.5 Å². The largest absolute Gasteiger partial charge is 0.398 e. The number of nitrogens with two attached hydrogens (primary N) is 2. The predicted octanol–water partition coefficient (Wildman–Crippen LogP) is 4.22. The zero-order valence-corrected chi connectivity index (χ0v) is 12.0.